The van der Waals surface area contributed by atoms with E-state index in [0.717, 1.165) is 44.6 Å². The zero-order valence-electron chi connectivity index (χ0n) is 12.0. The molecule has 1 heterocycles. The molecule has 19 heavy (non-hydrogen) atoms. The number of carbonyl (C=O) groups excluding carboxylic acids is 1. The van der Waals surface area contributed by atoms with Gasteiger partial charge in [0.15, 0.2) is 0 Å². The van der Waals surface area contributed by atoms with E-state index in [2.05, 4.69) is 31.3 Å². The third-order valence-electron chi connectivity index (χ3n) is 4.02. The second-order valence-electron chi connectivity index (χ2n) is 5.18. The van der Waals surface area contributed by atoms with Gasteiger partial charge in [-0.25, -0.2) is 0 Å². The van der Waals surface area contributed by atoms with Gasteiger partial charge in [-0.1, -0.05) is 26.0 Å². The van der Waals surface area contributed by atoms with Gasteiger partial charge in [0.25, 0.3) is 5.91 Å². The highest BCUT2D eigenvalue weighted by molar-refractivity contribution is 5.94. The fourth-order valence-electron chi connectivity index (χ4n) is 2.71. The monoisotopic (exact) mass is 260 g/mol. The van der Waals surface area contributed by atoms with Crippen molar-refractivity contribution < 1.29 is 4.79 Å². The topological polar surface area (TPSA) is 32.3 Å². The molecule has 1 aromatic rings. The van der Waals surface area contributed by atoms with Crippen LogP contribution in [0.4, 0.5) is 0 Å². The quantitative estimate of drug-likeness (QED) is 0.902. The molecule has 0 aliphatic carbocycles. The smallest absolute Gasteiger partial charge is 0.253 e. The lowest BCUT2D eigenvalue weighted by Gasteiger charge is -2.27. The summed E-state index contributed by atoms with van der Waals surface area (Å²) in [7, 11) is 0. The van der Waals surface area contributed by atoms with Gasteiger partial charge in [0.2, 0.25) is 0 Å². The van der Waals surface area contributed by atoms with Gasteiger partial charge in [-0.15, -0.1) is 0 Å². The Balaban J connectivity index is 2.06. The first-order chi connectivity index (χ1) is 9.26. The number of nitrogens with one attached hydrogen (secondary N) is 1. The lowest BCUT2D eigenvalue weighted by Crippen LogP contribution is -2.46. The number of nitrogens with zero attached hydrogens (tertiary/aromatic N) is 1. The van der Waals surface area contributed by atoms with Crippen LogP contribution in [0.5, 0.6) is 0 Å². The molecule has 1 amide bonds. The van der Waals surface area contributed by atoms with Crippen LogP contribution in [0, 0.1) is 0 Å². The first kappa shape index (κ1) is 14.1. The van der Waals surface area contributed by atoms with Gasteiger partial charge in [-0.3, -0.25) is 4.79 Å². The largest absolute Gasteiger partial charge is 0.336 e. The van der Waals surface area contributed by atoms with Gasteiger partial charge >= 0.3 is 0 Å². The summed E-state index contributed by atoms with van der Waals surface area (Å²) in [6.45, 7) is 7.86. The minimum absolute atomic E-state index is 0.164. The van der Waals surface area contributed by atoms with Crippen LogP contribution in [0.2, 0.25) is 0 Å². The van der Waals surface area contributed by atoms with Gasteiger partial charge in [0.1, 0.15) is 0 Å². The first-order valence-corrected chi connectivity index (χ1v) is 7.36. The Kier molecular flexibility index (Phi) is 4.97. The maximum absolute atomic E-state index is 12.3. The van der Waals surface area contributed by atoms with Gasteiger partial charge in [-0.2, -0.15) is 0 Å². The number of benzene rings is 1. The molecule has 0 radical (unpaired) electrons. The summed E-state index contributed by atoms with van der Waals surface area (Å²) >= 11 is 0. The average molecular weight is 260 g/mol. The van der Waals surface area contributed by atoms with E-state index < -0.39 is 0 Å². The lowest BCUT2D eigenvalue weighted by molar-refractivity contribution is 0.0736. The van der Waals surface area contributed by atoms with Crippen molar-refractivity contribution >= 4 is 5.91 Å². The van der Waals surface area contributed by atoms with E-state index >= 15 is 0 Å². The zero-order valence-corrected chi connectivity index (χ0v) is 12.0. The summed E-state index contributed by atoms with van der Waals surface area (Å²) in [4.78, 5) is 14.3. The van der Waals surface area contributed by atoms with E-state index in [4.69, 9.17) is 0 Å². The highest BCUT2D eigenvalue weighted by Gasteiger charge is 2.18. The SMILES string of the molecule is CCC(CC)c1ccc(C(=O)N2CCNCC2)cc1. The van der Waals surface area contributed by atoms with Crippen LogP contribution < -0.4 is 5.32 Å². The number of hydrogen-bond acceptors (Lipinski definition) is 2. The van der Waals surface area contributed by atoms with Crippen molar-refractivity contribution in [3.05, 3.63) is 35.4 Å². The molecule has 1 aliphatic rings. The Hall–Kier alpha value is -1.35. The van der Waals surface area contributed by atoms with E-state index in [-0.39, 0.29) is 5.91 Å². The number of hydrogen-bond donors (Lipinski definition) is 1. The first-order valence-electron chi connectivity index (χ1n) is 7.36. The molecular weight excluding hydrogens is 236 g/mol. The fourth-order valence-corrected chi connectivity index (χ4v) is 2.71. The number of carbonyl (C=O) groups is 1. The molecule has 1 saturated heterocycles. The maximum atomic E-state index is 12.3. The van der Waals surface area contributed by atoms with Crippen molar-refractivity contribution in [3.63, 3.8) is 0 Å². The van der Waals surface area contributed by atoms with Crippen molar-refractivity contribution in [2.75, 3.05) is 26.2 Å². The minimum Gasteiger partial charge on any atom is -0.336 e. The molecule has 0 aromatic heterocycles. The molecule has 1 aromatic carbocycles. The summed E-state index contributed by atoms with van der Waals surface area (Å²) in [6, 6.07) is 8.20. The Bertz CT molecular complexity index is 403. The standard InChI is InChI=1S/C16H24N2O/c1-3-13(4-2)14-5-7-15(8-6-14)16(19)18-11-9-17-10-12-18/h5-8,13,17H,3-4,9-12H2,1-2H3. The Morgan fingerprint density at radius 3 is 2.26 bits per heavy atom. The molecule has 104 valence electrons. The second-order valence-corrected chi connectivity index (χ2v) is 5.18. The third kappa shape index (κ3) is 3.35. The lowest BCUT2D eigenvalue weighted by atomic mass is 9.93. The predicted molar refractivity (Wildman–Crippen MR) is 78.5 cm³/mol. The van der Waals surface area contributed by atoms with Crippen molar-refractivity contribution in [1.29, 1.82) is 0 Å². The fraction of sp³-hybridized carbons (Fsp3) is 0.562. The molecule has 3 nitrogen and oxygen atoms in total. The van der Waals surface area contributed by atoms with Crippen LogP contribution in [-0.2, 0) is 0 Å². The molecule has 3 heteroatoms. The summed E-state index contributed by atoms with van der Waals surface area (Å²) in [6.07, 6.45) is 2.31. The van der Waals surface area contributed by atoms with Crippen molar-refractivity contribution in [1.82, 2.24) is 10.2 Å². The number of piperazine rings is 1. The highest BCUT2D eigenvalue weighted by atomic mass is 16.2. The molecule has 0 atom stereocenters. The van der Waals surface area contributed by atoms with Gasteiger partial charge in [-0.05, 0) is 36.5 Å². The van der Waals surface area contributed by atoms with Crippen LogP contribution in [-0.4, -0.2) is 37.0 Å². The van der Waals surface area contributed by atoms with E-state index in [9.17, 15) is 4.79 Å². The van der Waals surface area contributed by atoms with E-state index in [1.165, 1.54) is 5.56 Å². The van der Waals surface area contributed by atoms with E-state index in [1.54, 1.807) is 0 Å². The number of rotatable bonds is 4. The molecule has 2 rings (SSSR count). The summed E-state index contributed by atoms with van der Waals surface area (Å²) in [5, 5.41) is 3.27. The highest BCUT2D eigenvalue weighted by Crippen LogP contribution is 2.23. The zero-order chi connectivity index (χ0) is 13.7. The molecular formula is C16H24N2O. The van der Waals surface area contributed by atoms with E-state index in [1.807, 2.05) is 17.0 Å². The molecule has 0 unspecified atom stereocenters. The normalized spacial score (nSPS) is 15.8. The molecule has 1 fully saturated rings. The average Bonchev–Trinajstić information content (AvgIpc) is 2.49. The summed E-state index contributed by atoms with van der Waals surface area (Å²) < 4.78 is 0. The maximum Gasteiger partial charge on any atom is 0.253 e. The van der Waals surface area contributed by atoms with Crippen LogP contribution in [0.3, 0.4) is 0 Å². The van der Waals surface area contributed by atoms with Gasteiger partial charge < -0.3 is 10.2 Å². The molecule has 0 spiro atoms. The van der Waals surface area contributed by atoms with Crippen molar-refractivity contribution in [2.45, 2.75) is 32.6 Å². The third-order valence-corrected chi connectivity index (χ3v) is 4.02. The van der Waals surface area contributed by atoms with Crippen molar-refractivity contribution in [2.24, 2.45) is 0 Å². The van der Waals surface area contributed by atoms with Crippen molar-refractivity contribution in [3.8, 4) is 0 Å². The number of amides is 1. The molecule has 1 N–H and O–H groups in total. The van der Waals surface area contributed by atoms with Crippen LogP contribution >= 0.6 is 0 Å². The molecule has 0 saturated carbocycles. The second kappa shape index (κ2) is 6.71. The minimum atomic E-state index is 0.164. The summed E-state index contributed by atoms with van der Waals surface area (Å²) in [5.41, 5.74) is 2.17. The Morgan fingerprint density at radius 2 is 1.74 bits per heavy atom. The summed E-state index contributed by atoms with van der Waals surface area (Å²) in [5.74, 6) is 0.779. The molecule has 1 aliphatic heterocycles. The Morgan fingerprint density at radius 1 is 1.16 bits per heavy atom. The van der Waals surface area contributed by atoms with Gasteiger partial charge in [0.05, 0.1) is 0 Å². The van der Waals surface area contributed by atoms with Gasteiger partial charge in [0, 0.05) is 31.7 Å². The predicted octanol–water partition coefficient (Wildman–Crippen LogP) is 2.64. The molecule has 0 bridgehead atoms. The Labute approximate surface area is 116 Å². The van der Waals surface area contributed by atoms with Crippen LogP contribution in [0.15, 0.2) is 24.3 Å². The van der Waals surface area contributed by atoms with Crippen LogP contribution in [0.25, 0.3) is 0 Å². The van der Waals surface area contributed by atoms with Crippen LogP contribution in [0.1, 0.15) is 48.5 Å². The van der Waals surface area contributed by atoms with E-state index in [0.29, 0.717) is 5.92 Å².